The van der Waals surface area contributed by atoms with Crippen molar-refractivity contribution in [2.24, 2.45) is 0 Å². The number of alkyl halides is 2. The summed E-state index contributed by atoms with van der Waals surface area (Å²) in [7, 11) is 1.93. The Morgan fingerprint density at radius 1 is 1.54 bits per heavy atom. The average molecular weight is 192 g/mol. The molecule has 1 heterocycles. The smallest absolute Gasteiger partial charge is 0.239 e. The zero-order chi connectivity index (χ0) is 9.68. The number of hydrogen-bond acceptors (Lipinski definition) is 2. The number of nitrogens with zero attached hydrogens (tertiary/aromatic N) is 1. The van der Waals surface area contributed by atoms with Gasteiger partial charge in [0, 0.05) is 25.6 Å². The summed E-state index contributed by atoms with van der Waals surface area (Å²) in [6, 6.07) is 0.492. The zero-order valence-electron chi connectivity index (χ0n) is 8.10. The van der Waals surface area contributed by atoms with Gasteiger partial charge in [0.25, 0.3) is 0 Å². The van der Waals surface area contributed by atoms with E-state index in [-0.39, 0.29) is 6.42 Å². The van der Waals surface area contributed by atoms with Crippen LogP contribution in [-0.2, 0) is 0 Å². The SMILES string of the molecule is CNC1CCCN(CCC(F)F)C1. The molecule has 1 unspecified atom stereocenters. The summed E-state index contributed by atoms with van der Waals surface area (Å²) in [5, 5.41) is 3.19. The minimum absolute atomic E-state index is 0.0104. The highest BCUT2D eigenvalue weighted by Gasteiger charge is 2.18. The minimum Gasteiger partial charge on any atom is -0.316 e. The molecule has 0 aromatic rings. The van der Waals surface area contributed by atoms with Crippen LogP contribution in [0.5, 0.6) is 0 Å². The van der Waals surface area contributed by atoms with E-state index >= 15 is 0 Å². The van der Waals surface area contributed by atoms with E-state index in [1.807, 2.05) is 7.05 Å². The molecule has 1 aliphatic rings. The largest absolute Gasteiger partial charge is 0.316 e. The van der Waals surface area contributed by atoms with E-state index in [0.717, 1.165) is 19.5 Å². The first-order valence-corrected chi connectivity index (χ1v) is 4.90. The predicted octanol–water partition coefficient (Wildman–Crippen LogP) is 1.33. The van der Waals surface area contributed by atoms with Crippen molar-refractivity contribution in [2.75, 3.05) is 26.7 Å². The van der Waals surface area contributed by atoms with Crippen LogP contribution in [-0.4, -0.2) is 44.0 Å². The Labute approximate surface area is 78.3 Å². The first-order valence-electron chi connectivity index (χ1n) is 4.90. The molecule has 0 aromatic carbocycles. The summed E-state index contributed by atoms with van der Waals surface area (Å²) in [4.78, 5) is 2.12. The van der Waals surface area contributed by atoms with Gasteiger partial charge in [0.05, 0.1) is 0 Å². The number of likely N-dealkylation sites (N-methyl/N-ethyl adjacent to an activating group) is 1. The summed E-state index contributed by atoms with van der Waals surface area (Å²) in [6.45, 7) is 2.43. The number of nitrogens with one attached hydrogen (secondary N) is 1. The van der Waals surface area contributed by atoms with E-state index in [1.54, 1.807) is 0 Å². The van der Waals surface area contributed by atoms with Crippen molar-refractivity contribution in [2.45, 2.75) is 31.7 Å². The van der Waals surface area contributed by atoms with E-state index in [4.69, 9.17) is 0 Å². The van der Waals surface area contributed by atoms with Crippen molar-refractivity contribution in [3.8, 4) is 0 Å². The topological polar surface area (TPSA) is 15.3 Å². The highest BCUT2D eigenvalue weighted by atomic mass is 19.3. The number of rotatable bonds is 4. The quantitative estimate of drug-likeness (QED) is 0.722. The van der Waals surface area contributed by atoms with Gasteiger partial charge in [0.2, 0.25) is 6.43 Å². The van der Waals surface area contributed by atoms with Crippen molar-refractivity contribution in [1.82, 2.24) is 10.2 Å². The maximum absolute atomic E-state index is 11.9. The summed E-state index contributed by atoms with van der Waals surface area (Å²) >= 11 is 0. The lowest BCUT2D eigenvalue weighted by Gasteiger charge is -2.32. The van der Waals surface area contributed by atoms with Gasteiger partial charge in [-0.05, 0) is 26.4 Å². The Morgan fingerprint density at radius 2 is 2.31 bits per heavy atom. The van der Waals surface area contributed by atoms with E-state index in [1.165, 1.54) is 6.42 Å². The van der Waals surface area contributed by atoms with Gasteiger partial charge in [0.1, 0.15) is 0 Å². The monoisotopic (exact) mass is 192 g/mol. The second-order valence-corrected chi connectivity index (χ2v) is 3.61. The van der Waals surface area contributed by atoms with Crippen LogP contribution in [0.3, 0.4) is 0 Å². The lowest BCUT2D eigenvalue weighted by molar-refractivity contribution is 0.105. The Morgan fingerprint density at radius 3 is 2.92 bits per heavy atom. The number of piperidine rings is 1. The molecular weight excluding hydrogens is 174 g/mol. The third kappa shape index (κ3) is 4.00. The van der Waals surface area contributed by atoms with Crippen LogP contribution in [0.25, 0.3) is 0 Å². The van der Waals surface area contributed by atoms with Gasteiger partial charge in [-0.2, -0.15) is 0 Å². The van der Waals surface area contributed by atoms with Gasteiger partial charge in [0.15, 0.2) is 0 Å². The fourth-order valence-electron chi connectivity index (χ4n) is 1.77. The second-order valence-electron chi connectivity index (χ2n) is 3.61. The van der Waals surface area contributed by atoms with Gasteiger partial charge < -0.3 is 10.2 Å². The molecule has 1 N–H and O–H groups in total. The number of halogens is 2. The van der Waals surface area contributed by atoms with Gasteiger partial charge in [-0.1, -0.05) is 0 Å². The molecule has 13 heavy (non-hydrogen) atoms. The van der Waals surface area contributed by atoms with Crippen LogP contribution in [0, 0.1) is 0 Å². The van der Waals surface area contributed by atoms with Gasteiger partial charge in [-0.3, -0.25) is 0 Å². The van der Waals surface area contributed by atoms with Crippen LogP contribution in [0.4, 0.5) is 8.78 Å². The van der Waals surface area contributed by atoms with Crippen LogP contribution in [0.2, 0.25) is 0 Å². The Kier molecular flexibility index (Phi) is 4.59. The molecule has 1 atom stereocenters. The Hall–Kier alpha value is -0.220. The minimum atomic E-state index is -2.16. The zero-order valence-corrected chi connectivity index (χ0v) is 8.10. The molecule has 0 radical (unpaired) electrons. The lowest BCUT2D eigenvalue weighted by atomic mass is 10.1. The van der Waals surface area contributed by atoms with E-state index in [0.29, 0.717) is 12.6 Å². The van der Waals surface area contributed by atoms with Gasteiger partial charge in [-0.15, -0.1) is 0 Å². The standard InChI is InChI=1S/C9H18F2N2/c1-12-8-3-2-5-13(7-8)6-4-9(10)11/h8-9,12H,2-7H2,1H3. The van der Waals surface area contributed by atoms with Crippen LogP contribution in [0.1, 0.15) is 19.3 Å². The predicted molar refractivity (Wildman–Crippen MR) is 49.1 cm³/mol. The average Bonchev–Trinajstić information content (AvgIpc) is 2.15. The van der Waals surface area contributed by atoms with Crippen molar-refractivity contribution >= 4 is 0 Å². The third-order valence-corrected chi connectivity index (χ3v) is 2.58. The van der Waals surface area contributed by atoms with E-state index < -0.39 is 6.43 Å². The maximum Gasteiger partial charge on any atom is 0.239 e. The highest BCUT2D eigenvalue weighted by Crippen LogP contribution is 2.11. The van der Waals surface area contributed by atoms with Crippen LogP contribution >= 0.6 is 0 Å². The molecule has 0 aromatic heterocycles. The molecule has 0 spiro atoms. The summed E-state index contributed by atoms with van der Waals surface area (Å²) in [6.07, 6.45) is 0.141. The van der Waals surface area contributed by atoms with Crippen molar-refractivity contribution in [1.29, 1.82) is 0 Å². The van der Waals surface area contributed by atoms with Crippen LogP contribution < -0.4 is 5.32 Å². The summed E-state index contributed by atoms with van der Waals surface area (Å²) in [5.74, 6) is 0. The molecule has 0 bridgehead atoms. The first-order chi connectivity index (χ1) is 6.22. The maximum atomic E-state index is 11.9. The molecule has 78 valence electrons. The Bertz CT molecular complexity index is 142. The highest BCUT2D eigenvalue weighted by molar-refractivity contribution is 4.76. The fourth-order valence-corrected chi connectivity index (χ4v) is 1.77. The normalized spacial score (nSPS) is 25.4. The lowest BCUT2D eigenvalue weighted by Crippen LogP contribution is -2.44. The van der Waals surface area contributed by atoms with Crippen molar-refractivity contribution < 1.29 is 8.78 Å². The molecule has 2 nitrogen and oxygen atoms in total. The summed E-state index contributed by atoms with van der Waals surface area (Å²) in [5.41, 5.74) is 0. The van der Waals surface area contributed by atoms with Crippen LogP contribution in [0.15, 0.2) is 0 Å². The Balaban J connectivity index is 2.18. The molecule has 4 heteroatoms. The van der Waals surface area contributed by atoms with Gasteiger partial charge in [-0.25, -0.2) is 8.78 Å². The van der Waals surface area contributed by atoms with E-state index in [9.17, 15) is 8.78 Å². The van der Waals surface area contributed by atoms with Crippen molar-refractivity contribution in [3.63, 3.8) is 0 Å². The molecule has 1 rings (SSSR count). The number of likely N-dealkylation sites (tertiary alicyclic amines) is 1. The molecule has 0 aliphatic carbocycles. The number of hydrogen-bond donors (Lipinski definition) is 1. The third-order valence-electron chi connectivity index (χ3n) is 2.58. The first kappa shape index (κ1) is 10.9. The molecule has 1 aliphatic heterocycles. The second kappa shape index (κ2) is 5.50. The summed E-state index contributed by atoms with van der Waals surface area (Å²) < 4.78 is 23.9. The molecular formula is C9H18F2N2. The molecule has 1 saturated heterocycles. The van der Waals surface area contributed by atoms with Gasteiger partial charge >= 0.3 is 0 Å². The van der Waals surface area contributed by atoms with E-state index in [2.05, 4.69) is 10.2 Å². The molecule has 0 amide bonds. The molecule has 1 fully saturated rings. The fraction of sp³-hybridized carbons (Fsp3) is 1.00. The van der Waals surface area contributed by atoms with Crippen molar-refractivity contribution in [3.05, 3.63) is 0 Å². The molecule has 0 saturated carbocycles.